The molecule has 4 heteroatoms. The molecule has 0 spiro atoms. The van der Waals surface area contributed by atoms with E-state index >= 15 is 0 Å². The molecule has 2 rings (SSSR count). The van der Waals surface area contributed by atoms with Crippen molar-refractivity contribution in [2.75, 3.05) is 0 Å². The normalized spacial score (nSPS) is 32.1. The van der Waals surface area contributed by atoms with Crippen LogP contribution in [0.1, 0.15) is 26.7 Å². The molecule has 1 fully saturated rings. The zero-order valence-electron chi connectivity index (χ0n) is 9.84. The Balaban J connectivity index is 2.09. The second kappa shape index (κ2) is 4.45. The van der Waals surface area contributed by atoms with E-state index in [9.17, 15) is 8.78 Å². The summed E-state index contributed by atoms with van der Waals surface area (Å²) in [6.07, 6.45) is 1.61. The Labute approximate surface area is 105 Å². The first-order valence-corrected chi connectivity index (χ1v) is 6.16. The highest BCUT2D eigenvalue weighted by atomic mass is 35.5. The lowest BCUT2D eigenvalue weighted by Gasteiger charge is -2.50. The Morgan fingerprint density at radius 1 is 1.41 bits per heavy atom. The summed E-state index contributed by atoms with van der Waals surface area (Å²) in [6.45, 7) is 4.11. The molecule has 17 heavy (non-hydrogen) atoms. The Kier molecular flexibility index (Phi) is 3.30. The number of alkyl halides is 1. The molecule has 94 valence electrons. The van der Waals surface area contributed by atoms with E-state index in [4.69, 9.17) is 16.3 Å². The van der Waals surface area contributed by atoms with E-state index in [1.165, 1.54) is 6.07 Å². The maximum Gasteiger partial charge on any atom is 0.162 e. The van der Waals surface area contributed by atoms with Gasteiger partial charge in [0.1, 0.15) is 11.9 Å². The minimum absolute atomic E-state index is 0.0279. The van der Waals surface area contributed by atoms with Gasteiger partial charge in [-0.1, -0.05) is 13.8 Å². The molecule has 1 nitrogen and oxygen atoms in total. The number of hydrogen-bond donors (Lipinski definition) is 0. The van der Waals surface area contributed by atoms with Gasteiger partial charge in [-0.3, -0.25) is 0 Å². The zero-order chi connectivity index (χ0) is 12.6. The number of ether oxygens (including phenoxy) is 1. The molecule has 1 aromatic carbocycles. The Bertz CT molecular complexity index is 424. The molecule has 0 aliphatic heterocycles. The van der Waals surface area contributed by atoms with E-state index in [1.807, 2.05) is 0 Å². The molecule has 0 bridgehead atoms. The summed E-state index contributed by atoms with van der Waals surface area (Å²) in [7, 11) is 0. The lowest BCUT2D eigenvalue weighted by Crippen LogP contribution is -2.55. The van der Waals surface area contributed by atoms with E-state index in [0.717, 1.165) is 25.0 Å². The summed E-state index contributed by atoms with van der Waals surface area (Å²) in [5.74, 6) is -1.39. The van der Waals surface area contributed by atoms with Crippen molar-refractivity contribution >= 4 is 11.6 Å². The van der Waals surface area contributed by atoms with Gasteiger partial charge in [-0.25, -0.2) is 8.78 Å². The van der Waals surface area contributed by atoms with Gasteiger partial charge in [-0.05, 0) is 18.6 Å². The van der Waals surface area contributed by atoms with E-state index in [-0.39, 0.29) is 16.9 Å². The zero-order valence-corrected chi connectivity index (χ0v) is 10.6. The van der Waals surface area contributed by atoms with Gasteiger partial charge < -0.3 is 4.74 Å². The van der Waals surface area contributed by atoms with Crippen molar-refractivity contribution in [3.05, 3.63) is 29.8 Å². The predicted molar refractivity (Wildman–Crippen MR) is 63.4 cm³/mol. The first-order chi connectivity index (χ1) is 7.97. The number of halogens is 3. The van der Waals surface area contributed by atoms with Crippen LogP contribution in [0.4, 0.5) is 8.78 Å². The van der Waals surface area contributed by atoms with E-state index in [2.05, 4.69) is 13.8 Å². The van der Waals surface area contributed by atoms with Crippen molar-refractivity contribution in [2.45, 2.75) is 38.2 Å². The van der Waals surface area contributed by atoms with Gasteiger partial charge in [0.2, 0.25) is 0 Å². The smallest absolute Gasteiger partial charge is 0.162 e. The van der Waals surface area contributed by atoms with Gasteiger partial charge in [0, 0.05) is 23.3 Å². The maximum absolute atomic E-state index is 13.0. The Morgan fingerprint density at radius 3 is 2.65 bits per heavy atom. The summed E-state index contributed by atoms with van der Waals surface area (Å²) in [4.78, 5) is 0. The quantitative estimate of drug-likeness (QED) is 0.742. The average Bonchev–Trinajstić information content (AvgIpc) is 2.32. The average molecular weight is 261 g/mol. The molecule has 0 amide bonds. The van der Waals surface area contributed by atoms with Crippen molar-refractivity contribution in [1.82, 2.24) is 0 Å². The van der Waals surface area contributed by atoms with Crippen LogP contribution in [0.3, 0.4) is 0 Å². The molecule has 1 aliphatic rings. The van der Waals surface area contributed by atoms with Gasteiger partial charge in [-0.15, -0.1) is 11.6 Å². The van der Waals surface area contributed by atoms with E-state index in [1.54, 1.807) is 0 Å². The topological polar surface area (TPSA) is 9.23 Å². The van der Waals surface area contributed by atoms with Gasteiger partial charge in [0.25, 0.3) is 0 Å². The van der Waals surface area contributed by atoms with Gasteiger partial charge >= 0.3 is 0 Å². The van der Waals surface area contributed by atoms with Crippen molar-refractivity contribution in [2.24, 2.45) is 5.41 Å². The monoisotopic (exact) mass is 260 g/mol. The molecule has 0 saturated heterocycles. The highest BCUT2D eigenvalue weighted by Crippen LogP contribution is 2.49. The van der Waals surface area contributed by atoms with Crippen molar-refractivity contribution in [3.8, 4) is 5.75 Å². The van der Waals surface area contributed by atoms with Crippen LogP contribution in [0.25, 0.3) is 0 Å². The Hall–Kier alpha value is -0.830. The van der Waals surface area contributed by atoms with E-state index < -0.39 is 11.6 Å². The lowest BCUT2D eigenvalue weighted by molar-refractivity contribution is -0.0296. The third-order valence-corrected chi connectivity index (χ3v) is 4.48. The molecule has 3 atom stereocenters. The second-order valence-corrected chi connectivity index (χ2v) is 5.27. The third kappa shape index (κ3) is 2.13. The minimum Gasteiger partial charge on any atom is -0.490 e. The Morgan fingerprint density at radius 2 is 2.12 bits per heavy atom. The molecular formula is C13H15ClF2O. The third-order valence-electron chi connectivity index (χ3n) is 3.80. The molecule has 1 aliphatic carbocycles. The number of benzene rings is 1. The fourth-order valence-electron chi connectivity index (χ4n) is 2.11. The standard InChI is InChI=1S/C13H15ClF2O/c1-3-13(2)11(14)7-12(13)17-8-4-5-9(15)10(16)6-8/h4-6,11-12H,3,7H2,1-2H3. The highest BCUT2D eigenvalue weighted by Gasteiger charge is 2.51. The van der Waals surface area contributed by atoms with E-state index in [0.29, 0.717) is 5.75 Å². The van der Waals surface area contributed by atoms with Gasteiger partial charge in [-0.2, -0.15) is 0 Å². The molecule has 0 heterocycles. The summed E-state index contributed by atoms with van der Waals surface area (Å²) < 4.78 is 31.5. The van der Waals surface area contributed by atoms with Crippen LogP contribution >= 0.6 is 11.6 Å². The fraction of sp³-hybridized carbons (Fsp3) is 0.538. The van der Waals surface area contributed by atoms with Crippen molar-refractivity contribution in [3.63, 3.8) is 0 Å². The van der Waals surface area contributed by atoms with Crippen LogP contribution in [-0.4, -0.2) is 11.5 Å². The molecule has 0 aromatic heterocycles. The number of rotatable bonds is 3. The SMILES string of the molecule is CCC1(C)C(Cl)CC1Oc1ccc(F)c(F)c1. The number of hydrogen-bond acceptors (Lipinski definition) is 1. The predicted octanol–water partition coefficient (Wildman–Crippen LogP) is 4.14. The molecule has 1 saturated carbocycles. The summed E-state index contributed by atoms with van der Waals surface area (Å²) in [5.41, 5.74) is -0.0909. The first kappa shape index (κ1) is 12.6. The van der Waals surface area contributed by atoms with Crippen LogP contribution < -0.4 is 4.74 Å². The van der Waals surface area contributed by atoms with Crippen LogP contribution in [0.2, 0.25) is 0 Å². The fourth-order valence-corrected chi connectivity index (χ4v) is 2.57. The first-order valence-electron chi connectivity index (χ1n) is 5.73. The molecule has 0 radical (unpaired) electrons. The summed E-state index contributed by atoms with van der Waals surface area (Å²) in [6, 6.07) is 3.59. The van der Waals surface area contributed by atoms with Gasteiger partial charge in [0.15, 0.2) is 11.6 Å². The molecule has 1 aromatic rings. The maximum atomic E-state index is 13.0. The second-order valence-electron chi connectivity index (χ2n) is 4.75. The van der Waals surface area contributed by atoms with Crippen molar-refractivity contribution < 1.29 is 13.5 Å². The van der Waals surface area contributed by atoms with Crippen LogP contribution in [0, 0.1) is 17.0 Å². The van der Waals surface area contributed by atoms with Crippen LogP contribution in [0.5, 0.6) is 5.75 Å². The highest BCUT2D eigenvalue weighted by molar-refractivity contribution is 6.21. The molecular weight excluding hydrogens is 246 g/mol. The van der Waals surface area contributed by atoms with Crippen molar-refractivity contribution in [1.29, 1.82) is 0 Å². The van der Waals surface area contributed by atoms with Crippen LogP contribution in [-0.2, 0) is 0 Å². The van der Waals surface area contributed by atoms with Gasteiger partial charge in [0.05, 0.1) is 0 Å². The molecule has 3 unspecified atom stereocenters. The molecule has 0 N–H and O–H groups in total. The lowest BCUT2D eigenvalue weighted by atomic mass is 9.65. The summed E-state index contributed by atoms with van der Waals surface area (Å²) in [5, 5.41) is 0.0859. The largest absolute Gasteiger partial charge is 0.490 e. The van der Waals surface area contributed by atoms with Crippen LogP contribution in [0.15, 0.2) is 18.2 Å². The minimum atomic E-state index is -0.887. The summed E-state index contributed by atoms with van der Waals surface area (Å²) >= 11 is 6.16.